The summed E-state index contributed by atoms with van der Waals surface area (Å²) in [6.45, 7) is 4.77. The third-order valence-electron chi connectivity index (χ3n) is 4.43. The third kappa shape index (κ3) is 3.47. The number of hydrogen-bond donors (Lipinski definition) is 1. The second-order valence-electron chi connectivity index (χ2n) is 5.82. The summed E-state index contributed by atoms with van der Waals surface area (Å²) in [7, 11) is 0. The summed E-state index contributed by atoms with van der Waals surface area (Å²) >= 11 is 0. The van der Waals surface area contributed by atoms with Crippen LogP contribution in [0.15, 0.2) is 0 Å². The molecule has 0 aromatic carbocycles. The molecule has 0 saturated carbocycles. The van der Waals surface area contributed by atoms with Crippen LogP contribution in [0.25, 0.3) is 0 Å². The van der Waals surface area contributed by atoms with Crippen molar-refractivity contribution in [3.05, 3.63) is 0 Å². The summed E-state index contributed by atoms with van der Waals surface area (Å²) in [6, 6.07) is 0. The van der Waals surface area contributed by atoms with E-state index in [1.807, 2.05) is 4.90 Å². The van der Waals surface area contributed by atoms with Crippen LogP contribution in [-0.2, 0) is 9.59 Å². The predicted molar refractivity (Wildman–Crippen MR) is 71.4 cm³/mol. The first-order chi connectivity index (χ1) is 9.11. The Kier molecular flexibility index (Phi) is 4.80. The van der Waals surface area contributed by atoms with Gasteiger partial charge in [-0.1, -0.05) is 6.92 Å². The summed E-state index contributed by atoms with van der Waals surface area (Å²) < 4.78 is 0. The molecular formula is C14H24N2O3. The van der Waals surface area contributed by atoms with E-state index in [4.69, 9.17) is 5.11 Å². The van der Waals surface area contributed by atoms with Crippen LogP contribution >= 0.6 is 0 Å². The minimum absolute atomic E-state index is 0.0659. The van der Waals surface area contributed by atoms with Crippen molar-refractivity contribution in [2.45, 2.75) is 32.6 Å². The minimum atomic E-state index is -0.428. The molecular weight excluding hydrogens is 244 g/mol. The average Bonchev–Trinajstić information content (AvgIpc) is 2.46. The first kappa shape index (κ1) is 14.3. The summed E-state index contributed by atoms with van der Waals surface area (Å²) in [5.41, 5.74) is 0. The van der Waals surface area contributed by atoms with Crippen molar-refractivity contribution in [2.24, 2.45) is 11.8 Å². The maximum Gasteiger partial charge on any atom is 0.248 e. The zero-order valence-corrected chi connectivity index (χ0v) is 11.7. The fraction of sp³-hybridized carbons (Fsp3) is 0.857. The number of rotatable bonds is 2. The SMILES string of the molecule is CC1CCN(C(=O)C2CCN(C(=O)CO)CC2)CC1. The molecule has 2 rings (SSSR count). The Morgan fingerprint density at radius 1 is 1.00 bits per heavy atom. The van der Waals surface area contributed by atoms with Crippen molar-refractivity contribution in [1.82, 2.24) is 9.80 Å². The van der Waals surface area contributed by atoms with Crippen molar-refractivity contribution in [3.63, 3.8) is 0 Å². The lowest BCUT2D eigenvalue weighted by Crippen LogP contribution is -2.46. The molecule has 5 nitrogen and oxygen atoms in total. The lowest BCUT2D eigenvalue weighted by molar-refractivity contribution is -0.142. The van der Waals surface area contributed by atoms with E-state index >= 15 is 0 Å². The topological polar surface area (TPSA) is 60.9 Å². The average molecular weight is 268 g/mol. The summed E-state index contributed by atoms with van der Waals surface area (Å²) in [5.74, 6) is 0.838. The van der Waals surface area contributed by atoms with Crippen molar-refractivity contribution in [1.29, 1.82) is 0 Å². The van der Waals surface area contributed by atoms with Gasteiger partial charge >= 0.3 is 0 Å². The van der Waals surface area contributed by atoms with Crippen LogP contribution in [0, 0.1) is 11.8 Å². The molecule has 108 valence electrons. The number of likely N-dealkylation sites (tertiary alicyclic amines) is 2. The Balaban J connectivity index is 1.81. The molecule has 2 heterocycles. The van der Waals surface area contributed by atoms with Crippen LogP contribution in [-0.4, -0.2) is 59.5 Å². The molecule has 0 aromatic rings. The zero-order valence-electron chi connectivity index (χ0n) is 11.7. The molecule has 0 aromatic heterocycles. The summed E-state index contributed by atoms with van der Waals surface area (Å²) in [6.07, 6.45) is 3.68. The lowest BCUT2D eigenvalue weighted by Gasteiger charge is -2.36. The normalized spacial score (nSPS) is 22.6. The van der Waals surface area contributed by atoms with E-state index in [9.17, 15) is 9.59 Å². The van der Waals surface area contributed by atoms with E-state index in [0.29, 0.717) is 13.1 Å². The highest BCUT2D eigenvalue weighted by Gasteiger charge is 2.31. The van der Waals surface area contributed by atoms with Crippen molar-refractivity contribution in [2.75, 3.05) is 32.8 Å². The van der Waals surface area contributed by atoms with E-state index in [-0.39, 0.29) is 17.7 Å². The van der Waals surface area contributed by atoms with Crippen molar-refractivity contribution in [3.8, 4) is 0 Å². The Bertz CT molecular complexity index is 330. The monoisotopic (exact) mass is 268 g/mol. The van der Waals surface area contributed by atoms with Gasteiger partial charge in [0.15, 0.2) is 0 Å². The van der Waals surface area contributed by atoms with Gasteiger partial charge in [0, 0.05) is 32.1 Å². The molecule has 2 aliphatic rings. The highest BCUT2D eigenvalue weighted by Crippen LogP contribution is 2.23. The number of carbonyl (C=O) groups excluding carboxylic acids is 2. The van der Waals surface area contributed by atoms with Crippen molar-refractivity contribution < 1.29 is 14.7 Å². The molecule has 1 N–H and O–H groups in total. The summed E-state index contributed by atoms with van der Waals surface area (Å²) in [4.78, 5) is 27.4. The molecule has 0 radical (unpaired) electrons. The van der Waals surface area contributed by atoms with E-state index < -0.39 is 6.61 Å². The number of hydrogen-bond acceptors (Lipinski definition) is 3. The number of piperidine rings is 2. The highest BCUT2D eigenvalue weighted by atomic mass is 16.3. The number of aliphatic hydroxyl groups excluding tert-OH is 1. The Hall–Kier alpha value is -1.10. The minimum Gasteiger partial charge on any atom is -0.387 e. The van der Waals surface area contributed by atoms with E-state index in [0.717, 1.165) is 44.7 Å². The number of amides is 2. The van der Waals surface area contributed by atoms with Gasteiger partial charge in [-0.25, -0.2) is 0 Å². The Morgan fingerprint density at radius 2 is 1.53 bits per heavy atom. The fourth-order valence-electron chi connectivity index (χ4n) is 2.96. The largest absolute Gasteiger partial charge is 0.387 e. The van der Waals surface area contributed by atoms with Crippen LogP contribution in [0.4, 0.5) is 0 Å². The number of nitrogens with zero attached hydrogens (tertiary/aromatic N) is 2. The molecule has 0 aliphatic carbocycles. The van der Waals surface area contributed by atoms with Gasteiger partial charge in [0.05, 0.1) is 0 Å². The van der Waals surface area contributed by atoms with Crippen LogP contribution < -0.4 is 0 Å². The van der Waals surface area contributed by atoms with Crippen LogP contribution in [0.2, 0.25) is 0 Å². The van der Waals surface area contributed by atoms with Gasteiger partial charge in [-0.05, 0) is 31.6 Å². The van der Waals surface area contributed by atoms with E-state index in [1.54, 1.807) is 4.90 Å². The number of carbonyl (C=O) groups is 2. The van der Waals surface area contributed by atoms with Crippen LogP contribution in [0.1, 0.15) is 32.6 Å². The zero-order chi connectivity index (χ0) is 13.8. The fourth-order valence-corrected chi connectivity index (χ4v) is 2.96. The van der Waals surface area contributed by atoms with Gasteiger partial charge in [-0.2, -0.15) is 0 Å². The molecule has 2 saturated heterocycles. The van der Waals surface area contributed by atoms with E-state index in [1.165, 1.54) is 0 Å². The number of aliphatic hydroxyl groups is 1. The maximum absolute atomic E-state index is 12.4. The first-order valence-electron chi connectivity index (χ1n) is 7.29. The molecule has 2 amide bonds. The second-order valence-corrected chi connectivity index (χ2v) is 5.82. The van der Waals surface area contributed by atoms with Crippen LogP contribution in [0.5, 0.6) is 0 Å². The lowest BCUT2D eigenvalue weighted by atomic mass is 9.92. The van der Waals surface area contributed by atoms with Gasteiger partial charge in [-0.3, -0.25) is 9.59 Å². The standard InChI is InChI=1S/C14H24N2O3/c1-11-2-6-16(7-3-11)14(19)12-4-8-15(9-5-12)13(18)10-17/h11-12,17H,2-10H2,1H3. The Labute approximate surface area is 114 Å². The van der Waals surface area contributed by atoms with Crippen molar-refractivity contribution >= 4 is 11.8 Å². The van der Waals surface area contributed by atoms with Gasteiger partial charge < -0.3 is 14.9 Å². The van der Waals surface area contributed by atoms with Gasteiger partial charge in [-0.15, -0.1) is 0 Å². The van der Waals surface area contributed by atoms with Gasteiger partial charge in [0.2, 0.25) is 11.8 Å². The quantitative estimate of drug-likeness (QED) is 0.792. The molecule has 0 spiro atoms. The smallest absolute Gasteiger partial charge is 0.248 e. The molecule has 2 aliphatic heterocycles. The third-order valence-corrected chi connectivity index (χ3v) is 4.43. The molecule has 2 fully saturated rings. The Morgan fingerprint density at radius 3 is 2.05 bits per heavy atom. The molecule has 0 unspecified atom stereocenters. The highest BCUT2D eigenvalue weighted by molar-refractivity contribution is 5.80. The molecule has 5 heteroatoms. The molecule has 0 bridgehead atoms. The van der Waals surface area contributed by atoms with Crippen LogP contribution in [0.3, 0.4) is 0 Å². The van der Waals surface area contributed by atoms with E-state index in [2.05, 4.69) is 6.92 Å². The summed E-state index contributed by atoms with van der Waals surface area (Å²) in [5, 5.41) is 8.82. The van der Waals surface area contributed by atoms with Gasteiger partial charge in [0.25, 0.3) is 0 Å². The maximum atomic E-state index is 12.4. The molecule has 19 heavy (non-hydrogen) atoms. The van der Waals surface area contributed by atoms with Gasteiger partial charge in [0.1, 0.15) is 6.61 Å². The molecule has 0 atom stereocenters. The predicted octanol–water partition coefficient (Wildman–Crippen LogP) is 0.476. The second kappa shape index (κ2) is 6.37. The first-order valence-corrected chi connectivity index (χ1v) is 7.29.